The first-order chi connectivity index (χ1) is 10.6. The van der Waals surface area contributed by atoms with Crippen molar-refractivity contribution < 1.29 is 4.92 Å². The Labute approximate surface area is 132 Å². The van der Waals surface area contributed by atoms with Crippen molar-refractivity contribution in [1.29, 1.82) is 0 Å². The zero-order valence-corrected chi connectivity index (χ0v) is 13.1. The van der Waals surface area contributed by atoms with Gasteiger partial charge in [-0.25, -0.2) is 4.98 Å². The summed E-state index contributed by atoms with van der Waals surface area (Å²) in [5, 5.41) is 11.2. The van der Waals surface area contributed by atoms with Gasteiger partial charge in [-0.1, -0.05) is 37.2 Å². The summed E-state index contributed by atoms with van der Waals surface area (Å²) in [7, 11) is 0. The predicted molar refractivity (Wildman–Crippen MR) is 86.1 cm³/mol. The molecule has 1 aromatic carbocycles. The molecule has 0 saturated heterocycles. The molecule has 2 aromatic rings. The Hall–Kier alpha value is -2.15. The molecule has 6 nitrogen and oxygen atoms in total. The van der Waals surface area contributed by atoms with Crippen molar-refractivity contribution in [2.75, 3.05) is 0 Å². The minimum atomic E-state index is -0.423. The van der Waals surface area contributed by atoms with E-state index in [1.54, 1.807) is 12.1 Å². The zero-order valence-electron chi connectivity index (χ0n) is 12.2. The average molecular weight is 319 g/mol. The van der Waals surface area contributed by atoms with Crippen LogP contribution in [0.25, 0.3) is 0 Å². The number of unbranched alkanes of at least 4 members (excludes halogenated alkanes) is 1. The molecule has 1 aromatic heterocycles. The lowest BCUT2D eigenvalue weighted by molar-refractivity contribution is -0.384. The summed E-state index contributed by atoms with van der Waals surface area (Å²) >= 11 is 1.41. The number of rotatable bonds is 7. The van der Waals surface area contributed by atoms with E-state index in [0.717, 1.165) is 30.5 Å². The van der Waals surface area contributed by atoms with Crippen LogP contribution < -0.4 is 5.56 Å². The first kappa shape index (κ1) is 16.2. The fourth-order valence-corrected chi connectivity index (χ4v) is 2.75. The third kappa shape index (κ3) is 4.70. The molecule has 1 heterocycles. The van der Waals surface area contributed by atoms with Crippen LogP contribution in [-0.4, -0.2) is 14.9 Å². The second-order valence-electron chi connectivity index (χ2n) is 4.86. The first-order valence-electron chi connectivity index (χ1n) is 7.05. The fraction of sp³-hybridized carbons (Fsp3) is 0.333. The molecule has 0 aliphatic heterocycles. The Morgan fingerprint density at radius 2 is 2.05 bits per heavy atom. The number of nitro groups is 1. The van der Waals surface area contributed by atoms with Gasteiger partial charge in [-0.2, -0.15) is 0 Å². The summed E-state index contributed by atoms with van der Waals surface area (Å²) < 4.78 is 0. The Morgan fingerprint density at radius 1 is 1.32 bits per heavy atom. The normalized spacial score (nSPS) is 10.6. The van der Waals surface area contributed by atoms with Crippen LogP contribution in [0.2, 0.25) is 0 Å². The number of aromatic amines is 1. The van der Waals surface area contributed by atoms with Gasteiger partial charge in [-0.3, -0.25) is 14.9 Å². The average Bonchev–Trinajstić information content (AvgIpc) is 2.51. The predicted octanol–water partition coefficient (Wildman–Crippen LogP) is 3.31. The van der Waals surface area contributed by atoms with Gasteiger partial charge in [0.25, 0.3) is 11.2 Å². The van der Waals surface area contributed by atoms with Crippen LogP contribution in [-0.2, 0) is 12.2 Å². The van der Waals surface area contributed by atoms with E-state index in [1.165, 1.54) is 30.0 Å². The molecule has 22 heavy (non-hydrogen) atoms. The summed E-state index contributed by atoms with van der Waals surface area (Å²) in [4.78, 5) is 28.9. The van der Waals surface area contributed by atoms with Gasteiger partial charge in [0.1, 0.15) is 0 Å². The Kier molecular flexibility index (Phi) is 5.71. The molecule has 0 saturated carbocycles. The van der Waals surface area contributed by atoms with Gasteiger partial charge in [0.2, 0.25) is 0 Å². The molecule has 0 unspecified atom stereocenters. The Morgan fingerprint density at radius 3 is 2.68 bits per heavy atom. The minimum absolute atomic E-state index is 0.0712. The summed E-state index contributed by atoms with van der Waals surface area (Å²) in [5.74, 6) is 0.595. The molecule has 0 aliphatic rings. The zero-order chi connectivity index (χ0) is 15.9. The largest absolute Gasteiger partial charge is 0.301 e. The topological polar surface area (TPSA) is 88.9 Å². The molecule has 1 N–H and O–H groups in total. The molecule has 2 rings (SSSR count). The second-order valence-corrected chi connectivity index (χ2v) is 5.82. The molecule has 0 amide bonds. The van der Waals surface area contributed by atoms with Crippen LogP contribution in [0.4, 0.5) is 5.69 Å². The molecule has 0 atom stereocenters. The molecule has 7 heteroatoms. The quantitative estimate of drug-likeness (QED) is 0.366. The van der Waals surface area contributed by atoms with Gasteiger partial charge >= 0.3 is 0 Å². The van der Waals surface area contributed by atoms with E-state index in [-0.39, 0.29) is 11.2 Å². The van der Waals surface area contributed by atoms with Crippen molar-refractivity contribution in [3.8, 4) is 0 Å². The summed E-state index contributed by atoms with van der Waals surface area (Å²) in [6.07, 6.45) is 2.86. The van der Waals surface area contributed by atoms with Crippen LogP contribution in [0.3, 0.4) is 0 Å². The van der Waals surface area contributed by atoms with Crippen LogP contribution in [0.15, 0.2) is 40.3 Å². The van der Waals surface area contributed by atoms with Crippen LogP contribution in [0.5, 0.6) is 0 Å². The Bertz CT molecular complexity index is 698. The molecule has 0 radical (unpaired) electrons. The lowest BCUT2D eigenvalue weighted by Gasteiger charge is -2.04. The van der Waals surface area contributed by atoms with Crippen molar-refractivity contribution in [1.82, 2.24) is 9.97 Å². The number of benzene rings is 1. The minimum Gasteiger partial charge on any atom is -0.301 e. The number of non-ortho nitro benzene ring substituents is 1. The third-order valence-electron chi connectivity index (χ3n) is 3.08. The maximum atomic E-state index is 11.6. The maximum Gasteiger partial charge on any atom is 0.269 e. The highest BCUT2D eigenvalue weighted by Crippen LogP contribution is 2.20. The van der Waals surface area contributed by atoms with Gasteiger partial charge in [-0.05, 0) is 18.4 Å². The van der Waals surface area contributed by atoms with Gasteiger partial charge < -0.3 is 4.98 Å². The smallest absolute Gasteiger partial charge is 0.269 e. The number of thioether (sulfide) groups is 1. The van der Waals surface area contributed by atoms with E-state index in [2.05, 4.69) is 16.9 Å². The molecule has 116 valence electrons. The van der Waals surface area contributed by atoms with E-state index < -0.39 is 4.92 Å². The van der Waals surface area contributed by atoms with E-state index >= 15 is 0 Å². The van der Waals surface area contributed by atoms with E-state index in [4.69, 9.17) is 0 Å². The third-order valence-corrected chi connectivity index (χ3v) is 4.03. The number of H-pyrrole nitrogens is 1. The molecule has 0 aliphatic carbocycles. The summed E-state index contributed by atoms with van der Waals surface area (Å²) in [6.45, 7) is 2.09. The number of nitrogens with zero attached hydrogens (tertiary/aromatic N) is 2. The van der Waals surface area contributed by atoms with Crippen molar-refractivity contribution in [2.24, 2.45) is 0 Å². The molecule has 0 spiro atoms. The van der Waals surface area contributed by atoms with Gasteiger partial charge in [0.15, 0.2) is 5.16 Å². The van der Waals surface area contributed by atoms with Crippen LogP contribution in [0.1, 0.15) is 31.0 Å². The van der Waals surface area contributed by atoms with Crippen LogP contribution in [0, 0.1) is 10.1 Å². The van der Waals surface area contributed by atoms with Crippen molar-refractivity contribution in [2.45, 2.75) is 37.1 Å². The van der Waals surface area contributed by atoms with Crippen molar-refractivity contribution in [3.05, 3.63) is 62.1 Å². The van der Waals surface area contributed by atoms with Gasteiger partial charge in [0.05, 0.1) is 4.92 Å². The molecular weight excluding hydrogens is 302 g/mol. The highest BCUT2D eigenvalue weighted by atomic mass is 32.2. The number of hydrogen-bond donors (Lipinski definition) is 1. The standard InChI is InChI=1S/C15H17N3O3S/c1-2-3-4-12-9-14(19)17-15(16-12)22-10-11-5-7-13(8-6-11)18(20)21/h5-9H,2-4,10H2,1H3,(H,16,17,19). The lowest BCUT2D eigenvalue weighted by Crippen LogP contribution is -2.10. The Balaban J connectivity index is 2.02. The summed E-state index contributed by atoms with van der Waals surface area (Å²) in [6, 6.07) is 7.91. The molecule has 0 bridgehead atoms. The number of nitro benzene ring substituents is 1. The number of nitrogens with one attached hydrogen (secondary N) is 1. The highest BCUT2D eigenvalue weighted by Gasteiger charge is 2.06. The lowest BCUT2D eigenvalue weighted by atomic mass is 10.2. The van der Waals surface area contributed by atoms with Crippen molar-refractivity contribution in [3.63, 3.8) is 0 Å². The number of hydrogen-bond acceptors (Lipinski definition) is 5. The molecular formula is C15H17N3O3S. The van der Waals surface area contributed by atoms with E-state index in [9.17, 15) is 14.9 Å². The van der Waals surface area contributed by atoms with Gasteiger partial charge in [0, 0.05) is 29.6 Å². The van der Waals surface area contributed by atoms with E-state index in [0.29, 0.717) is 10.9 Å². The summed E-state index contributed by atoms with van der Waals surface area (Å²) in [5.41, 5.74) is 1.67. The number of aryl methyl sites for hydroxylation is 1. The second kappa shape index (κ2) is 7.74. The van der Waals surface area contributed by atoms with E-state index in [1.807, 2.05) is 0 Å². The fourth-order valence-electron chi connectivity index (χ4n) is 1.90. The van der Waals surface area contributed by atoms with Crippen LogP contribution >= 0.6 is 11.8 Å². The van der Waals surface area contributed by atoms with Crippen molar-refractivity contribution >= 4 is 17.4 Å². The SMILES string of the molecule is CCCCc1cc(=O)[nH]c(SCc2ccc([N+](=O)[O-])cc2)n1. The highest BCUT2D eigenvalue weighted by molar-refractivity contribution is 7.98. The first-order valence-corrected chi connectivity index (χ1v) is 8.03. The number of aromatic nitrogens is 2. The molecule has 0 fully saturated rings. The monoisotopic (exact) mass is 319 g/mol. The van der Waals surface area contributed by atoms with Gasteiger partial charge in [-0.15, -0.1) is 0 Å². The maximum absolute atomic E-state index is 11.6.